The summed E-state index contributed by atoms with van der Waals surface area (Å²) in [5.41, 5.74) is 0.999. The lowest BCUT2D eigenvalue weighted by Crippen LogP contribution is -2.33. The van der Waals surface area contributed by atoms with Gasteiger partial charge in [0.05, 0.1) is 10.6 Å². The maximum absolute atomic E-state index is 12.4. The van der Waals surface area contributed by atoms with Gasteiger partial charge in [0.15, 0.2) is 9.84 Å². The average molecular weight is 309 g/mol. The summed E-state index contributed by atoms with van der Waals surface area (Å²) in [7, 11) is -3.14. The Morgan fingerprint density at radius 2 is 2.10 bits per heavy atom. The monoisotopic (exact) mass is 309 g/mol. The molecular formula is C17H27NO2S. The van der Waals surface area contributed by atoms with E-state index in [9.17, 15) is 8.42 Å². The highest BCUT2D eigenvalue weighted by molar-refractivity contribution is 7.91. The normalized spacial score (nSPS) is 22.6. The van der Waals surface area contributed by atoms with E-state index in [0.717, 1.165) is 31.4 Å². The highest BCUT2D eigenvalue weighted by atomic mass is 32.2. The number of sulfone groups is 1. The molecule has 4 heteroatoms. The van der Waals surface area contributed by atoms with Crippen molar-refractivity contribution in [2.45, 2.75) is 56.9 Å². The molecule has 21 heavy (non-hydrogen) atoms. The molecule has 1 aliphatic carbocycles. The first-order valence-corrected chi connectivity index (χ1v) is 9.71. The van der Waals surface area contributed by atoms with E-state index >= 15 is 0 Å². The zero-order valence-electron chi connectivity index (χ0n) is 13.1. The van der Waals surface area contributed by atoms with E-state index in [1.807, 2.05) is 19.1 Å². The fraction of sp³-hybridized carbons (Fsp3) is 0.647. The van der Waals surface area contributed by atoms with Crippen LogP contribution in [0.25, 0.3) is 0 Å². The minimum Gasteiger partial charge on any atom is -0.314 e. The Labute approximate surface area is 129 Å². The minimum absolute atomic E-state index is 0.269. The molecule has 2 rings (SSSR count). The topological polar surface area (TPSA) is 46.2 Å². The highest BCUT2D eigenvalue weighted by Crippen LogP contribution is 2.29. The highest BCUT2D eigenvalue weighted by Gasteiger charge is 2.28. The number of rotatable bonds is 7. The van der Waals surface area contributed by atoms with Gasteiger partial charge in [-0.25, -0.2) is 8.42 Å². The van der Waals surface area contributed by atoms with Gasteiger partial charge in [0.2, 0.25) is 0 Å². The molecule has 118 valence electrons. The van der Waals surface area contributed by atoms with E-state index < -0.39 is 9.84 Å². The van der Waals surface area contributed by atoms with Gasteiger partial charge in [0, 0.05) is 6.04 Å². The summed E-state index contributed by atoms with van der Waals surface area (Å²) in [6, 6.07) is 7.75. The summed E-state index contributed by atoms with van der Waals surface area (Å²) in [5.74, 6) is 0.780. The molecule has 2 atom stereocenters. The van der Waals surface area contributed by atoms with Crippen molar-refractivity contribution in [3.8, 4) is 0 Å². The molecule has 0 spiro atoms. The quantitative estimate of drug-likeness (QED) is 0.840. The van der Waals surface area contributed by atoms with Crippen molar-refractivity contribution < 1.29 is 8.42 Å². The lowest BCUT2D eigenvalue weighted by Gasteiger charge is -2.20. The molecule has 0 aromatic heterocycles. The van der Waals surface area contributed by atoms with Crippen LogP contribution in [0.1, 0.15) is 44.6 Å². The Kier molecular flexibility index (Phi) is 5.82. The molecule has 2 unspecified atom stereocenters. The van der Waals surface area contributed by atoms with E-state index in [0.29, 0.717) is 16.9 Å². The molecule has 1 N–H and O–H groups in total. The SMILES string of the molecule is CCCNC1CCCC1CCS(=O)(=O)c1cccc(C)c1. The minimum atomic E-state index is -3.14. The fourth-order valence-corrected chi connectivity index (χ4v) is 4.71. The van der Waals surface area contributed by atoms with Crippen LogP contribution in [0.5, 0.6) is 0 Å². The van der Waals surface area contributed by atoms with Crippen LogP contribution in [0.15, 0.2) is 29.2 Å². The van der Waals surface area contributed by atoms with Crippen molar-refractivity contribution in [3.63, 3.8) is 0 Å². The van der Waals surface area contributed by atoms with Gasteiger partial charge in [0.25, 0.3) is 0 Å². The molecule has 3 nitrogen and oxygen atoms in total. The number of hydrogen-bond acceptors (Lipinski definition) is 3. The summed E-state index contributed by atoms with van der Waals surface area (Å²) in [4.78, 5) is 0.471. The molecular weight excluding hydrogens is 282 g/mol. The lowest BCUT2D eigenvalue weighted by molar-refractivity contribution is 0.391. The van der Waals surface area contributed by atoms with Gasteiger partial charge < -0.3 is 5.32 Å². The number of hydrogen-bond donors (Lipinski definition) is 1. The number of aryl methyl sites for hydroxylation is 1. The largest absolute Gasteiger partial charge is 0.314 e. The van der Waals surface area contributed by atoms with E-state index in [-0.39, 0.29) is 5.75 Å². The third kappa shape index (κ3) is 4.55. The van der Waals surface area contributed by atoms with Gasteiger partial charge in [-0.1, -0.05) is 25.5 Å². The Morgan fingerprint density at radius 3 is 2.81 bits per heavy atom. The van der Waals surface area contributed by atoms with Crippen molar-refractivity contribution in [2.24, 2.45) is 5.92 Å². The van der Waals surface area contributed by atoms with Crippen LogP contribution >= 0.6 is 0 Å². The van der Waals surface area contributed by atoms with Gasteiger partial charge in [-0.05, 0) is 62.8 Å². The van der Waals surface area contributed by atoms with Crippen molar-refractivity contribution in [3.05, 3.63) is 29.8 Å². The van der Waals surface area contributed by atoms with Crippen LogP contribution in [-0.4, -0.2) is 26.8 Å². The first-order chi connectivity index (χ1) is 10.0. The van der Waals surface area contributed by atoms with Gasteiger partial charge >= 0.3 is 0 Å². The summed E-state index contributed by atoms with van der Waals surface area (Å²) in [6.07, 6.45) is 5.47. The molecule has 1 aromatic carbocycles. The molecule has 0 radical (unpaired) electrons. The molecule has 0 heterocycles. The maximum Gasteiger partial charge on any atom is 0.178 e. The van der Waals surface area contributed by atoms with E-state index in [4.69, 9.17) is 0 Å². The third-order valence-corrected chi connectivity index (χ3v) is 6.17. The van der Waals surface area contributed by atoms with E-state index in [1.165, 1.54) is 12.8 Å². The predicted octanol–water partition coefficient (Wildman–Crippen LogP) is 3.33. The number of benzene rings is 1. The number of nitrogens with one attached hydrogen (secondary N) is 1. The van der Waals surface area contributed by atoms with Gasteiger partial charge in [-0.3, -0.25) is 0 Å². The van der Waals surface area contributed by atoms with Crippen LogP contribution in [0.2, 0.25) is 0 Å². The van der Waals surface area contributed by atoms with Gasteiger partial charge in [0.1, 0.15) is 0 Å². The standard InChI is InChI=1S/C17H27NO2S/c1-3-11-18-17-9-5-7-15(17)10-12-21(19,20)16-8-4-6-14(2)13-16/h4,6,8,13,15,17-18H,3,5,7,9-12H2,1-2H3. The second-order valence-corrected chi connectivity index (χ2v) is 8.28. The van der Waals surface area contributed by atoms with Gasteiger partial charge in [-0.15, -0.1) is 0 Å². The Morgan fingerprint density at radius 1 is 1.29 bits per heavy atom. The summed E-state index contributed by atoms with van der Waals surface area (Å²) in [6.45, 7) is 5.13. The van der Waals surface area contributed by atoms with Gasteiger partial charge in [-0.2, -0.15) is 0 Å². The molecule has 1 aliphatic rings. The maximum atomic E-state index is 12.4. The van der Waals surface area contributed by atoms with E-state index in [1.54, 1.807) is 12.1 Å². The van der Waals surface area contributed by atoms with Crippen LogP contribution in [0, 0.1) is 12.8 Å². The zero-order valence-corrected chi connectivity index (χ0v) is 14.0. The molecule has 0 saturated heterocycles. The van der Waals surface area contributed by atoms with Crippen molar-refractivity contribution >= 4 is 9.84 Å². The zero-order chi connectivity index (χ0) is 15.3. The molecule has 1 aromatic rings. The molecule has 1 fully saturated rings. The van der Waals surface area contributed by atoms with E-state index in [2.05, 4.69) is 12.2 Å². The predicted molar refractivity (Wildman–Crippen MR) is 87.3 cm³/mol. The summed E-state index contributed by atoms with van der Waals surface area (Å²) < 4.78 is 24.9. The molecule has 1 saturated carbocycles. The first kappa shape index (κ1) is 16.5. The van der Waals surface area contributed by atoms with Crippen LogP contribution in [-0.2, 0) is 9.84 Å². The fourth-order valence-electron chi connectivity index (χ4n) is 3.21. The third-order valence-electron chi connectivity index (χ3n) is 4.42. The second-order valence-electron chi connectivity index (χ2n) is 6.18. The van der Waals surface area contributed by atoms with Crippen LogP contribution in [0.4, 0.5) is 0 Å². The molecule has 0 aliphatic heterocycles. The Hall–Kier alpha value is -0.870. The van der Waals surface area contributed by atoms with Crippen LogP contribution < -0.4 is 5.32 Å². The molecule has 0 amide bonds. The second kappa shape index (κ2) is 7.41. The lowest BCUT2D eigenvalue weighted by atomic mass is 10.0. The summed E-state index contributed by atoms with van der Waals surface area (Å²) in [5, 5.41) is 3.57. The van der Waals surface area contributed by atoms with Crippen molar-refractivity contribution in [2.75, 3.05) is 12.3 Å². The molecule has 0 bridgehead atoms. The summed E-state index contributed by atoms with van der Waals surface area (Å²) >= 11 is 0. The van der Waals surface area contributed by atoms with Crippen LogP contribution in [0.3, 0.4) is 0 Å². The Bertz CT molecular complexity index is 554. The Balaban J connectivity index is 1.95. The smallest absolute Gasteiger partial charge is 0.178 e. The average Bonchev–Trinajstić information content (AvgIpc) is 2.90. The van der Waals surface area contributed by atoms with Crippen molar-refractivity contribution in [1.29, 1.82) is 0 Å². The first-order valence-electron chi connectivity index (χ1n) is 8.05. The van der Waals surface area contributed by atoms with Crippen molar-refractivity contribution in [1.82, 2.24) is 5.32 Å².